The van der Waals surface area contributed by atoms with Gasteiger partial charge in [-0.3, -0.25) is 0 Å². The van der Waals surface area contributed by atoms with E-state index >= 15 is 0 Å². The van der Waals surface area contributed by atoms with E-state index in [2.05, 4.69) is 19.2 Å². The van der Waals surface area contributed by atoms with Crippen LogP contribution in [0.5, 0.6) is 0 Å². The lowest BCUT2D eigenvalue weighted by molar-refractivity contribution is 0.602. The number of hydrogen-bond acceptors (Lipinski definition) is 2. The Bertz CT molecular complexity index is 310. The highest BCUT2D eigenvalue weighted by Crippen LogP contribution is 2.18. The van der Waals surface area contributed by atoms with Crippen LogP contribution in [-0.2, 0) is 6.54 Å². The topological polar surface area (TPSA) is 38.0 Å². The van der Waals surface area contributed by atoms with Crippen LogP contribution >= 0.6 is 0 Å². The quantitative estimate of drug-likeness (QED) is 0.784. The van der Waals surface area contributed by atoms with Gasteiger partial charge in [0.05, 0.1) is 0 Å². The van der Waals surface area contributed by atoms with Crippen LogP contribution in [0.3, 0.4) is 0 Å². The molecule has 0 aromatic heterocycles. The van der Waals surface area contributed by atoms with Gasteiger partial charge < -0.3 is 11.1 Å². The lowest BCUT2D eigenvalue weighted by Gasteiger charge is -2.12. The minimum Gasteiger partial charge on any atom is -0.385 e. The first kappa shape index (κ1) is 12.0. The molecule has 0 saturated heterocycles. The first-order valence-corrected chi connectivity index (χ1v) is 5.36. The van der Waals surface area contributed by atoms with Gasteiger partial charge in [0.25, 0.3) is 0 Å². The highest BCUT2D eigenvalue weighted by atomic mass is 19.1. The molecule has 0 atom stereocenters. The molecule has 0 aliphatic carbocycles. The summed E-state index contributed by atoms with van der Waals surface area (Å²) < 4.78 is 13.3. The second-order valence-corrected chi connectivity index (χ2v) is 4.08. The van der Waals surface area contributed by atoms with Crippen molar-refractivity contribution < 1.29 is 4.39 Å². The molecule has 0 aliphatic rings. The molecule has 2 nitrogen and oxygen atoms in total. The summed E-state index contributed by atoms with van der Waals surface area (Å²) in [6.07, 6.45) is 1.07. The highest BCUT2D eigenvalue weighted by Gasteiger charge is 2.05. The molecular weight excluding hydrogens is 191 g/mol. The Hall–Kier alpha value is -1.09. The van der Waals surface area contributed by atoms with Crippen LogP contribution in [-0.4, -0.2) is 6.54 Å². The van der Waals surface area contributed by atoms with Crippen molar-refractivity contribution in [1.82, 2.24) is 0 Å². The van der Waals surface area contributed by atoms with Gasteiger partial charge in [-0.15, -0.1) is 0 Å². The molecule has 0 bridgehead atoms. The summed E-state index contributed by atoms with van der Waals surface area (Å²) in [5.74, 6) is 0.416. The summed E-state index contributed by atoms with van der Waals surface area (Å²) >= 11 is 0. The molecule has 3 N–H and O–H groups in total. The third kappa shape index (κ3) is 3.51. The Kier molecular flexibility index (Phi) is 4.56. The fraction of sp³-hybridized carbons (Fsp3) is 0.500. The van der Waals surface area contributed by atoms with E-state index in [0.29, 0.717) is 11.5 Å². The number of anilines is 1. The molecule has 3 heteroatoms. The van der Waals surface area contributed by atoms with E-state index in [9.17, 15) is 4.39 Å². The van der Waals surface area contributed by atoms with Crippen molar-refractivity contribution in [3.05, 3.63) is 29.6 Å². The second kappa shape index (κ2) is 5.71. The summed E-state index contributed by atoms with van der Waals surface area (Å²) in [4.78, 5) is 0. The standard InChI is InChI=1S/C12H19FN2/c1-9(2)6-7-15-12-5-3-4-11(13)10(12)8-14/h3-5,9,15H,6-8,14H2,1-2H3. The van der Waals surface area contributed by atoms with Gasteiger partial charge >= 0.3 is 0 Å². The Balaban J connectivity index is 2.64. The lowest BCUT2D eigenvalue weighted by Crippen LogP contribution is -2.10. The van der Waals surface area contributed by atoms with Gasteiger partial charge in [0, 0.05) is 24.3 Å². The van der Waals surface area contributed by atoms with E-state index in [0.717, 1.165) is 18.7 Å². The number of rotatable bonds is 5. The van der Waals surface area contributed by atoms with Crippen LogP contribution in [0.25, 0.3) is 0 Å². The van der Waals surface area contributed by atoms with Crippen LogP contribution in [0.4, 0.5) is 10.1 Å². The molecule has 1 aromatic carbocycles. The average molecular weight is 210 g/mol. The predicted octanol–water partition coefficient (Wildman–Crippen LogP) is 2.74. The van der Waals surface area contributed by atoms with Crippen molar-refractivity contribution in [3.8, 4) is 0 Å². The summed E-state index contributed by atoms with van der Waals surface area (Å²) in [7, 11) is 0. The molecule has 0 radical (unpaired) electrons. The maximum absolute atomic E-state index is 13.3. The summed E-state index contributed by atoms with van der Waals surface area (Å²) in [6, 6.07) is 5.01. The van der Waals surface area contributed by atoms with Gasteiger partial charge in [0.1, 0.15) is 5.82 Å². The largest absolute Gasteiger partial charge is 0.385 e. The smallest absolute Gasteiger partial charge is 0.129 e. The Morgan fingerprint density at radius 3 is 2.73 bits per heavy atom. The van der Waals surface area contributed by atoms with E-state index in [4.69, 9.17) is 5.73 Å². The summed E-state index contributed by atoms with van der Waals surface area (Å²) in [5.41, 5.74) is 6.89. The van der Waals surface area contributed by atoms with Gasteiger partial charge in [-0.05, 0) is 24.5 Å². The Morgan fingerprint density at radius 2 is 2.13 bits per heavy atom. The van der Waals surface area contributed by atoms with Gasteiger partial charge in [0.15, 0.2) is 0 Å². The van der Waals surface area contributed by atoms with Crippen molar-refractivity contribution in [2.45, 2.75) is 26.8 Å². The number of nitrogens with one attached hydrogen (secondary N) is 1. The minimum absolute atomic E-state index is 0.230. The number of halogens is 1. The fourth-order valence-electron chi connectivity index (χ4n) is 1.43. The van der Waals surface area contributed by atoms with Gasteiger partial charge in [-0.2, -0.15) is 0 Å². The Morgan fingerprint density at radius 1 is 1.40 bits per heavy atom. The van der Waals surface area contributed by atoms with Gasteiger partial charge in [-0.25, -0.2) is 4.39 Å². The Labute approximate surface area is 90.7 Å². The van der Waals surface area contributed by atoms with Gasteiger partial charge in [-0.1, -0.05) is 19.9 Å². The van der Waals surface area contributed by atoms with Crippen molar-refractivity contribution in [2.24, 2.45) is 11.7 Å². The molecule has 15 heavy (non-hydrogen) atoms. The van der Waals surface area contributed by atoms with Crippen molar-refractivity contribution in [2.75, 3.05) is 11.9 Å². The van der Waals surface area contributed by atoms with Crippen LogP contribution in [0.1, 0.15) is 25.8 Å². The number of hydrogen-bond donors (Lipinski definition) is 2. The predicted molar refractivity (Wildman–Crippen MR) is 62.2 cm³/mol. The molecule has 0 amide bonds. The monoisotopic (exact) mass is 210 g/mol. The molecule has 0 fully saturated rings. The van der Waals surface area contributed by atoms with Crippen molar-refractivity contribution in [3.63, 3.8) is 0 Å². The summed E-state index contributed by atoms with van der Waals surface area (Å²) in [5, 5.41) is 3.22. The van der Waals surface area contributed by atoms with Crippen LogP contribution in [0.15, 0.2) is 18.2 Å². The maximum atomic E-state index is 13.3. The van der Waals surface area contributed by atoms with E-state index in [1.807, 2.05) is 6.07 Å². The summed E-state index contributed by atoms with van der Waals surface area (Å²) in [6.45, 7) is 5.42. The van der Waals surface area contributed by atoms with Gasteiger partial charge in [0.2, 0.25) is 0 Å². The zero-order valence-corrected chi connectivity index (χ0v) is 9.39. The first-order valence-electron chi connectivity index (χ1n) is 5.36. The van der Waals surface area contributed by atoms with Crippen LogP contribution < -0.4 is 11.1 Å². The maximum Gasteiger partial charge on any atom is 0.129 e. The second-order valence-electron chi connectivity index (χ2n) is 4.08. The average Bonchev–Trinajstić information content (AvgIpc) is 2.17. The fourth-order valence-corrected chi connectivity index (χ4v) is 1.43. The van der Waals surface area contributed by atoms with E-state index in [1.54, 1.807) is 6.07 Å². The third-order valence-electron chi connectivity index (χ3n) is 2.36. The minimum atomic E-state index is -0.230. The van der Waals surface area contributed by atoms with Crippen molar-refractivity contribution in [1.29, 1.82) is 0 Å². The van der Waals surface area contributed by atoms with E-state index in [1.165, 1.54) is 6.07 Å². The molecule has 1 aromatic rings. The van der Waals surface area contributed by atoms with Crippen molar-refractivity contribution >= 4 is 5.69 Å². The molecule has 0 spiro atoms. The molecule has 0 saturated carbocycles. The lowest BCUT2D eigenvalue weighted by atomic mass is 10.1. The molecule has 0 aliphatic heterocycles. The number of nitrogens with two attached hydrogens (primary N) is 1. The third-order valence-corrected chi connectivity index (χ3v) is 2.36. The normalized spacial score (nSPS) is 10.7. The van der Waals surface area contributed by atoms with E-state index < -0.39 is 0 Å². The molecule has 0 heterocycles. The molecular formula is C12H19FN2. The zero-order valence-electron chi connectivity index (χ0n) is 9.39. The molecule has 0 unspecified atom stereocenters. The first-order chi connectivity index (χ1) is 7.15. The van der Waals surface area contributed by atoms with Crippen LogP contribution in [0, 0.1) is 11.7 Å². The molecule has 1 rings (SSSR count). The van der Waals surface area contributed by atoms with Crippen LogP contribution in [0.2, 0.25) is 0 Å². The highest BCUT2D eigenvalue weighted by molar-refractivity contribution is 5.51. The SMILES string of the molecule is CC(C)CCNc1cccc(F)c1CN. The zero-order chi connectivity index (χ0) is 11.3. The number of benzene rings is 1. The van der Waals surface area contributed by atoms with E-state index in [-0.39, 0.29) is 12.4 Å². The molecule has 84 valence electrons.